The number of primary amides is 1. The van der Waals surface area contributed by atoms with Crippen LogP contribution in [0.4, 0.5) is 0 Å². The van der Waals surface area contributed by atoms with Crippen LogP contribution in [0, 0.1) is 5.92 Å². The maximum Gasteiger partial charge on any atom is 0.220 e. The first-order valence-corrected chi connectivity index (χ1v) is 5.10. The molecule has 3 N–H and O–H groups in total. The number of hydrogen-bond donors (Lipinski definition) is 2. The summed E-state index contributed by atoms with van der Waals surface area (Å²) in [5, 5.41) is 3.23. The molecule has 1 fully saturated rings. The van der Waals surface area contributed by atoms with E-state index in [9.17, 15) is 4.79 Å². The summed E-state index contributed by atoms with van der Waals surface area (Å²) in [5.41, 5.74) is 5.26. The molecule has 0 atom stereocenters. The average Bonchev–Trinajstić information content (AvgIpc) is 2.71. The number of amides is 1. The lowest BCUT2D eigenvalue weighted by atomic mass is 9.96. The Bertz CT molecular complexity index is 256. The van der Waals surface area contributed by atoms with Crippen LogP contribution in [0.1, 0.15) is 12.8 Å². The van der Waals surface area contributed by atoms with E-state index < -0.39 is 0 Å². The van der Waals surface area contributed by atoms with Crippen molar-refractivity contribution in [2.75, 3.05) is 26.2 Å². The molecule has 0 saturated carbocycles. The minimum Gasteiger partial charge on any atom is -0.369 e. The molecule has 0 radical (unpaired) electrons. The third-order valence-electron chi connectivity index (χ3n) is 2.85. The molecule has 78 valence electrons. The van der Waals surface area contributed by atoms with Gasteiger partial charge in [-0.15, -0.1) is 0 Å². The minimum absolute atomic E-state index is 0.0632. The predicted molar refractivity (Wildman–Crippen MR) is 53.8 cm³/mol. The zero-order valence-corrected chi connectivity index (χ0v) is 8.20. The Morgan fingerprint density at radius 2 is 2.21 bits per heavy atom. The SMILES string of the molecule is NC(=O)C1CCN(C2=NCCN2)CC1. The Kier molecular flexibility index (Phi) is 2.56. The summed E-state index contributed by atoms with van der Waals surface area (Å²) in [4.78, 5) is 17.5. The summed E-state index contributed by atoms with van der Waals surface area (Å²) in [6.07, 6.45) is 1.71. The number of nitrogens with zero attached hydrogens (tertiary/aromatic N) is 2. The molecule has 0 spiro atoms. The molecule has 1 saturated heterocycles. The van der Waals surface area contributed by atoms with E-state index in [1.807, 2.05) is 0 Å². The molecular weight excluding hydrogens is 180 g/mol. The fourth-order valence-corrected chi connectivity index (χ4v) is 1.97. The zero-order valence-electron chi connectivity index (χ0n) is 8.20. The topological polar surface area (TPSA) is 70.7 Å². The van der Waals surface area contributed by atoms with Gasteiger partial charge >= 0.3 is 0 Å². The maximum atomic E-state index is 10.9. The van der Waals surface area contributed by atoms with Gasteiger partial charge in [-0.05, 0) is 12.8 Å². The molecule has 2 aliphatic rings. The van der Waals surface area contributed by atoms with Crippen LogP contribution in [-0.4, -0.2) is 42.9 Å². The number of aliphatic imine (C=N–C) groups is 1. The first-order valence-electron chi connectivity index (χ1n) is 5.10. The lowest BCUT2D eigenvalue weighted by Crippen LogP contribution is -2.45. The number of nitrogens with one attached hydrogen (secondary N) is 1. The van der Waals surface area contributed by atoms with Gasteiger partial charge in [0.25, 0.3) is 0 Å². The molecule has 5 nitrogen and oxygen atoms in total. The number of carbonyl (C=O) groups excluding carboxylic acids is 1. The van der Waals surface area contributed by atoms with E-state index in [1.54, 1.807) is 0 Å². The second-order valence-corrected chi connectivity index (χ2v) is 3.80. The van der Waals surface area contributed by atoms with Gasteiger partial charge in [-0.2, -0.15) is 0 Å². The number of nitrogens with two attached hydrogens (primary N) is 1. The minimum atomic E-state index is -0.161. The molecule has 0 bridgehead atoms. The predicted octanol–water partition coefficient (Wildman–Crippen LogP) is -0.857. The van der Waals surface area contributed by atoms with E-state index in [0.29, 0.717) is 0 Å². The first-order chi connectivity index (χ1) is 6.77. The number of likely N-dealkylation sites (tertiary alicyclic amines) is 1. The number of piperidine rings is 1. The molecule has 0 aliphatic carbocycles. The van der Waals surface area contributed by atoms with E-state index >= 15 is 0 Å². The third kappa shape index (κ3) is 1.81. The summed E-state index contributed by atoms with van der Waals surface area (Å²) in [6, 6.07) is 0. The number of carbonyl (C=O) groups is 1. The Labute approximate surface area is 83.4 Å². The number of guanidine groups is 1. The highest BCUT2D eigenvalue weighted by Gasteiger charge is 2.25. The molecule has 2 heterocycles. The van der Waals surface area contributed by atoms with E-state index in [0.717, 1.165) is 45.0 Å². The van der Waals surface area contributed by atoms with E-state index in [1.165, 1.54) is 0 Å². The number of rotatable bonds is 1. The Morgan fingerprint density at radius 3 is 2.71 bits per heavy atom. The van der Waals surface area contributed by atoms with Crippen LogP contribution in [0.2, 0.25) is 0 Å². The molecule has 0 aromatic carbocycles. The van der Waals surface area contributed by atoms with E-state index in [4.69, 9.17) is 5.73 Å². The number of hydrogen-bond acceptors (Lipinski definition) is 4. The molecule has 1 amide bonds. The van der Waals surface area contributed by atoms with Crippen LogP contribution >= 0.6 is 0 Å². The van der Waals surface area contributed by atoms with Crippen molar-refractivity contribution < 1.29 is 4.79 Å². The van der Waals surface area contributed by atoms with Gasteiger partial charge < -0.3 is 16.0 Å². The first kappa shape index (κ1) is 9.30. The summed E-state index contributed by atoms with van der Waals surface area (Å²) >= 11 is 0. The largest absolute Gasteiger partial charge is 0.369 e. The standard InChI is InChI=1S/C9H16N4O/c10-8(14)7-1-5-13(6-2-7)9-11-3-4-12-9/h7H,1-6H2,(H2,10,14)(H,11,12). The molecule has 0 aromatic heterocycles. The highest BCUT2D eigenvalue weighted by atomic mass is 16.1. The van der Waals surface area contributed by atoms with Crippen molar-refractivity contribution in [1.82, 2.24) is 10.2 Å². The Balaban J connectivity index is 1.86. The molecule has 0 unspecified atom stereocenters. The summed E-state index contributed by atoms with van der Waals surface area (Å²) < 4.78 is 0. The molecular formula is C9H16N4O. The van der Waals surface area contributed by atoms with Gasteiger partial charge in [0.2, 0.25) is 5.91 Å². The maximum absolute atomic E-state index is 10.9. The van der Waals surface area contributed by atoms with Crippen LogP contribution in [0.15, 0.2) is 4.99 Å². The molecule has 14 heavy (non-hydrogen) atoms. The van der Waals surface area contributed by atoms with Gasteiger partial charge in [0, 0.05) is 25.6 Å². The molecule has 0 aromatic rings. The highest BCUT2D eigenvalue weighted by Crippen LogP contribution is 2.16. The van der Waals surface area contributed by atoms with Gasteiger partial charge in [0.1, 0.15) is 0 Å². The zero-order chi connectivity index (χ0) is 9.97. The molecule has 5 heteroatoms. The highest BCUT2D eigenvalue weighted by molar-refractivity contribution is 5.82. The normalized spacial score (nSPS) is 23.1. The van der Waals surface area contributed by atoms with Crippen molar-refractivity contribution >= 4 is 11.9 Å². The fraction of sp³-hybridized carbons (Fsp3) is 0.778. The quantitative estimate of drug-likeness (QED) is 0.573. The average molecular weight is 196 g/mol. The third-order valence-corrected chi connectivity index (χ3v) is 2.85. The van der Waals surface area contributed by atoms with Crippen LogP contribution in [0.3, 0.4) is 0 Å². The van der Waals surface area contributed by atoms with E-state index in [-0.39, 0.29) is 11.8 Å². The van der Waals surface area contributed by atoms with Crippen molar-refractivity contribution in [2.24, 2.45) is 16.6 Å². The van der Waals surface area contributed by atoms with Crippen molar-refractivity contribution in [1.29, 1.82) is 0 Å². The second-order valence-electron chi connectivity index (χ2n) is 3.80. The van der Waals surface area contributed by atoms with Gasteiger partial charge in [-0.1, -0.05) is 0 Å². The van der Waals surface area contributed by atoms with Crippen molar-refractivity contribution in [3.05, 3.63) is 0 Å². The van der Waals surface area contributed by atoms with Crippen molar-refractivity contribution in [2.45, 2.75) is 12.8 Å². The van der Waals surface area contributed by atoms with Crippen molar-refractivity contribution in [3.8, 4) is 0 Å². The fourth-order valence-electron chi connectivity index (χ4n) is 1.97. The monoisotopic (exact) mass is 196 g/mol. The van der Waals surface area contributed by atoms with Crippen LogP contribution in [0.25, 0.3) is 0 Å². The lowest BCUT2D eigenvalue weighted by Gasteiger charge is -2.31. The Morgan fingerprint density at radius 1 is 1.50 bits per heavy atom. The van der Waals surface area contributed by atoms with Crippen molar-refractivity contribution in [3.63, 3.8) is 0 Å². The van der Waals surface area contributed by atoms with Gasteiger partial charge in [0.05, 0.1) is 6.54 Å². The molecule has 2 rings (SSSR count). The van der Waals surface area contributed by atoms with Crippen LogP contribution in [0.5, 0.6) is 0 Å². The van der Waals surface area contributed by atoms with Gasteiger partial charge in [-0.3, -0.25) is 9.79 Å². The Hall–Kier alpha value is -1.26. The summed E-state index contributed by atoms with van der Waals surface area (Å²) in [5.74, 6) is 0.896. The van der Waals surface area contributed by atoms with Gasteiger partial charge in [0.15, 0.2) is 5.96 Å². The lowest BCUT2D eigenvalue weighted by molar-refractivity contribution is -0.122. The second kappa shape index (κ2) is 3.86. The molecule has 2 aliphatic heterocycles. The summed E-state index contributed by atoms with van der Waals surface area (Å²) in [6.45, 7) is 3.58. The van der Waals surface area contributed by atoms with E-state index in [2.05, 4.69) is 15.2 Å². The van der Waals surface area contributed by atoms with Crippen LogP contribution < -0.4 is 11.1 Å². The van der Waals surface area contributed by atoms with Gasteiger partial charge in [-0.25, -0.2) is 0 Å². The van der Waals surface area contributed by atoms with Crippen LogP contribution in [-0.2, 0) is 4.79 Å². The summed E-state index contributed by atoms with van der Waals surface area (Å²) in [7, 11) is 0. The smallest absolute Gasteiger partial charge is 0.220 e.